The van der Waals surface area contributed by atoms with Crippen molar-refractivity contribution in [2.75, 3.05) is 19.8 Å². The molecule has 0 aromatic rings. The van der Waals surface area contributed by atoms with Crippen molar-refractivity contribution in [1.82, 2.24) is 0 Å². The third-order valence-corrected chi connectivity index (χ3v) is 15.1. The van der Waals surface area contributed by atoms with E-state index in [1.807, 2.05) is 6.92 Å². The van der Waals surface area contributed by atoms with Crippen molar-refractivity contribution in [2.45, 2.75) is 181 Å². The van der Waals surface area contributed by atoms with Crippen molar-refractivity contribution >= 4 is 23.9 Å². The second-order valence-corrected chi connectivity index (χ2v) is 19.3. The Morgan fingerprint density at radius 1 is 0.966 bits per heavy atom. The first-order valence-corrected chi connectivity index (χ1v) is 22.2. The number of allylic oxidation sites excluding steroid dienone is 1. The molecular formula is C45H72O14. The summed E-state index contributed by atoms with van der Waals surface area (Å²) in [5.74, 6) is -7.63. The van der Waals surface area contributed by atoms with Crippen molar-refractivity contribution in [1.29, 1.82) is 0 Å². The number of rotatable bonds is 18. The van der Waals surface area contributed by atoms with Crippen LogP contribution in [0, 0.1) is 46.3 Å². The lowest BCUT2D eigenvalue weighted by Crippen LogP contribution is -2.78. The molecule has 2 saturated heterocycles. The van der Waals surface area contributed by atoms with E-state index in [1.165, 1.54) is 38.2 Å². The van der Waals surface area contributed by atoms with E-state index in [0.717, 1.165) is 19.3 Å². The van der Waals surface area contributed by atoms with Gasteiger partial charge in [-0.25, -0.2) is 9.59 Å². The van der Waals surface area contributed by atoms with Gasteiger partial charge in [0.15, 0.2) is 17.7 Å². The summed E-state index contributed by atoms with van der Waals surface area (Å²) >= 11 is 0. The van der Waals surface area contributed by atoms with Crippen LogP contribution in [0.4, 0.5) is 4.79 Å². The Hall–Kier alpha value is -2.62. The van der Waals surface area contributed by atoms with Crippen molar-refractivity contribution in [3.63, 3.8) is 0 Å². The number of unbranched alkanes of at least 4 members (excludes halogenated alkanes) is 7. The molecule has 5 rings (SSSR count). The highest BCUT2D eigenvalue weighted by Crippen LogP contribution is 2.69. The second-order valence-electron chi connectivity index (χ2n) is 19.3. The summed E-state index contributed by atoms with van der Waals surface area (Å²) in [5.41, 5.74) is -3.90. The van der Waals surface area contributed by atoms with Crippen LogP contribution < -0.4 is 0 Å². The number of esters is 2. The molecule has 2 saturated carbocycles. The van der Waals surface area contributed by atoms with E-state index in [0.29, 0.717) is 12.0 Å². The number of fused-ring (bicyclic) bond motifs is 2. The molecule has 3 aliphatic carbocycles. The van der Waals surface area contributed by atoms with Gasteiger partial charge in [0.05, 0.1) is 37.4 Å². The Morgan fingerprint density at radius 2 is 1.59 bits per heavy atom. The molecule has 0 spiro atoms. The summed E-state index contributed by atoms with van der Waals surface area (Å²) in [6.07, 6.45) is 2.13. The second kappa shape index (κ2) is 18.8. The number of carbonyl (C=O) groups is 4. The molecule has 14 heteroatoms. The Labute approximate surface area is 350 Å². The van der Waals surface area contributed by atoms with Gasteiger partial charge in [-0.3, -0.25) is 9.59 Å². The summed E-state index contributed by atoms with van der Waals surface area (Å²) < 4.78 is 35.5. The maximum Gasteiger partial charge on any atom is 0.509 e. The minimum absolute atomic E-state index is 0.0850. The van der Waals surface area contributed by atoms with E-state index in [2.05, 4.69) is 6.92 Å². The lowest BCUT2D eigenvalue weighted by molar-refractivity contribution is -0.317. The summed E-state index contributed by atoms with van der Waals surface area (Å²) in [5, 5.41) is 46.7. The molecule has 59 heavy (non-hydrogen) atoms. The SMILES string of the molecule is CCCCCCCCCCC1(C)OCC(COC(=O)O[C@@H]2C(=O)C=C(C)[C@@H]3C[C@H]4OC(=O)[C@H](OC(=O)CC(O)(C(C)C)C(C)C)[C@H]5[C@@H](C)[C@@H](O)[C@@H](O)[C@H]([C@@]23C)[C@]54CO)O1. The van der Waals surface area contributed by atoms with E-state index >= 15 is 0 Å². The zero-order valence-electron chi connectivity index (χ0n) is 36.8. The Morgan fingerprint density at radius 3 is 2.20 bits per heavy atom. The highest BCUT2D eigenvalue weighted by Gasteiger charge is 2.77. The predicted molar refractivity (Wildman–Crippen MR) is 214 cm³/mol. The fourth-order valence-corrected chi connectivity index (χ4v) is 11.7. The van der Waals surface area contributed by atoms with Crippen LogP contribution in [0.15, 0.2) is 11.6 Å². The van der Waals surface area contributed by atoms with E-state index in [-0.39, 0.29) is 31.5 Å². The highest BCUT2D eigenvalue weighted by atomic mass is 16.8. The van der Waals surface area contributed by atoms with Crippen LogP contribution in [0.25, 0.3) is 0 Å². The molecule has 0 aromatic heterocycles. The van der Waals surface area contributed by atoms with Gasteiger partial charge in [-0.2, -0.15) is 0 Å². The van der Waals surface area contributed by atoms with Crippen LogP contribution in [0.5, 0.6) is 0 Å². The van der Waals surface area contributed by atoms with Gasteiger partial charge in [-0.05, 0) is 56.4 Å². The minimum Gasteiger partial charge on any atom is -0.459 e. The molecule has 5 aliphatic rings. The van der Waals surface area contributed by atoms with Crippen molar-refractivity contribution < 1.29 is 68.0 Å². The smallest absolute Gasteiger partial charge is 0.459 e. The monoisotopic (exact) mass is 836 g/mol. The van der Waals surface area contributed by atoms with E-state index < -0.39 is 119 Å². The van der Waals surface area contributed by atoms with E-state index in [9.17, 15) is 39.6 Å². The Kier molecular flexibility index (Phi) is 15.1. The molecule has 0 bridgehead atoms. The molecule has 4 N–H and O–H groups in total. The summed E-state index contributed by atoms with van der Waals surface area (Å²) in [6.45, 7) is 15.5. The number of aliphatic hydroxyl groups is 4. The first-order valence-electron chi connectivity index (χ1n) is 22.2. The van der Waals surface area contributed by atoms with E-state index in [4.69, 9.17) is 28.4 Å². The first kappa shape index (κ1) is 47.4. The molecule has 13 atom stereocenters. The molecule has 4 fully saturated rings. The minimum atomic E-state index is -1.62. The molecule has 2 heterocycles. The standard InChI is InChI=1S/C45H72O14/c1-10-11-12-13-14-15-16-17-18-42(8)55-23-29(59-42)22-54-41(52)58-39-31(47)19-27(6)30-20-32-44(24-46)34(28(7)35(49)36(50)38(44)43(30,39)9)37(40(51)56-32)57-33(48)21-45(53,25(2)3)26(4)5/h19,25-26,28-30,32,34-39,46,49-50,53H,10-18,20-24H2,1-9H3/t28-,29?,30+,32-,34-,35-,36-,37-,38-,39-,42?,43+,44+/m1/s1. The van der Waals surface area contributed by atoms with Gasteiger partial charge in [0.2, 0.25) is 6.10 Å². The number of ether oxygens (including phenoxy) is 6. The van der Waals surface area contributed by atoms with Crippen LogP contribution in [0.2, 0.25) is 0 Å². The molecular weight excluding hydrogens is 764 g/mol. The first-order chi connectivity index (χ1) is 27.7. The average Bonchev–Trinajstić information content (AvgIpc) is 3.55. The fourth-order valence-electron chi connectivity index (χ4n) is 11.7. The molecule has 0 radical (unpaired) electrons. The van der Waals surface area contributed by atoms with Crippen molar-refractivity contribution in [3.05, 3.63) is 11.6 Å². The van der Waals surface area contributed by atoms with Crippen LogP contribution in [0.3, 0.4) is 0 Å². The molecule has 0 amide bonds. The lowest BCUT2D eigenvalue weighted by Gasteiger charge is -2.69. The third-order valence-electron chi connectivity index (χ3n) is 15.1. The largest absolute Gasteiger partial charge is 0.509 e. The Bertz CT molecular complexity index is 1540. The number of hydrogen-bond donors (Lipinski definition) is 4. The quantitative estimate of drug-likeness (QED) is 0.0757. The third kappa shape index (κ3) is 9.00. The van der Waals surface area contributed by atoms with Gasteiger partial charge in [0.25, 0.3) is 0 Å². The normalized spacial score (nSPS) is 38.1. The summed E-state index contributed by atoms with van der Waals surface area (Å²) in [4.78, 5) is 55.0. The van der Waals surface area contributed by atoms with Gasteiger partial charge in [0.1, 0.15) is 18.8 Å². The van der Waals surface area contributed by atoms with Gasteiger partial charge in [-0.1, -0.05) is 99.0 Å². The number of aliphatic hydroxyl groups excluding tert-OH is 3. The summed E-state index contributed by atoms with van der Waals surface area (Å²) in [6, 6.07) is 0. The van der Waals surface area contributed by atoms with Gasteiger partial charge in [0, 0.05) is 29.1 Å². The zero-order valence-corrected chi connectivity index (χ0v) is 36.8. The number of ketones is 1. The molecule has 2 aliphatic heterocycles. The van der Waals surface area contributed by atoms with Crippen LogP contribution in [-0.2, 0) is 42.8 Å². The van der Waals surface area contributed by atoms with Crippen LogP contribution >= 0.6 is 0 Å². The topological polar surface area (TPSA) is 205 Å². The number of hydrogen-bond acceptors (Lipinski definition) is 14. The lowest BCUT2D eigenvalue weighted by atomic mass is 9.37. The fraction of sp³-hybridized carbons (Fsp3) is 0.867. The average molecular weight is 837 g/mol. The van der Waals surface area contributed by atoms with Gasteiger partial charge >= 0.3 is 18.1 Å². The van der Waals surface area contributed by atoms with E-state index in [1.54, 1.807) is 48.5 Å². The summed E-state index contributed by atoms with van der Waals surface area (Å²) in [7, 11) is 0. The van der Waals surface area contributed by atoms with Gasteiger partial charge < -0.3 is 48.8 Å². The molecule has 2 unspecified atom stereocenters. The molecule has 14 nitrogen and oxygen atoms in total. The maximum absolute atomic E-state index is 14.0. The molecule has 336 valence electrons. The number of carbonyl (C=O) groups excluding carboxylic acids is 4. The van der Waals surface area contributed by atoms with Gasteiger partial charge in [-0.15, -0.1) is 0 Å². The van der Waals surface area contributed by atoms with Crippen LogP contribution in [0.1, 0.15) is 133 Å². The zero-order chi connectivity index (χ0) is 43.7. The van der Waals surface area contributed by atoms with Crippen molar-refractivity contribution in [3.8, 4) is 0 Å². The highest BCUT2D eigenvalue weighted by molar-refractivity contribution is 5.97. The Balaban J connectivity index is 1.34. The van der Waals surface area contributed by atoms with Crippen molar-refractivity contribution in [2.24, 2.45) is 46.3 Å². The molecule has 0 aromatic carbocycles. The van der Waals surface area contributed by atoms with Crippen LogP contribution in [-0.4, -0.2) is 112 Å². The maximum atomic E-state index is 14.0. The predicted octanol–water partition coefficient (Wildman–Crippen LogP) is 5.58.